The molecule has 3 aliphatic heterocycles. The van der Waals surface area contributed by atoms with E-state index in [4.69, 9.17) is 9.47 Å². The van der Waals surface area contributed by atoms with Crippen LogP contribution >= 0.6 is 0 Å². The maximum Gasteiger partial charge on any atom is 0.338 e. The van der Waals surface area contributed by atoms with Crippen LogP contribution < -0.4 is 0 Å². The number of carbonyl (C=O) groups excluding carboxylic acids is 1. The SMILES string of the molecule is COC(=O)C1OC12CCC1CCC2O1. The van der Waals surface area contributed by atoms with Crippen molar-refractivity contribution in [2.45, 2.75) is 49.6 Å². The van der Waals surface area contributed by atoms with Crippen LogP contribution in [0.25, 0.3) is 0 Å². The minimum absolute atomic E-state index is 0.130. The highest BCUT2D eigenvalue weighted by Crippen LogP contribution is 2.53. The maximum atomic E-state index is 11.3. The van der Waals surface area contributed by atoms with Crippen molar-refractivity contribution in [2.24, 2.45) is 0 Å². The van der Waals surface area contributed by atoms with Crippen molar-refractivity contribution >= 4 is 5.97 Å². The fraction of sp³-hybridized carbons (Fsp3) is 0.900. The van der Waals surface area contributed by atoms with Crippen LogP contribution in [0, 0.1) is 0 Å². The van der Waals surface area contributed by atoms with Crippen LogP contribution in [-0.2, 0) is 19.0 Å². The Bertz CT molecular complexity index is 277. The summed E-state index contributed by atoms with van der Waals surface area (Å²) in [5, 5.41) is 0. The van der Waals surface area contributed by atoms with Crippen LogP contribution in [-0.4, -0.2) is 37.0 Å². The number of rotatable bonds is 1. The number of ether oxygens (including phenoxy) is 3. The predicted octanol–water partition coefficient (Wildman–Crippen LogP) is 0.638. The van der Waals surface area contributed by atoms with Gasteiger partial charge in [-0.1, -0.05) is 0 Å². The van der Waals surface area contributed by atoms with E-state index < -0.39 is 0 Å². The molecule has 0 aromatic carbocycles. The summed E-state index contributed by atoms with van der Waals surface area (Å²) in [4.78, 5) is 11.3. The maximum absolute atomic E-state index is 11.3. The van der Waals surface area contributed by atoms with Gasteiger partial charge < -0.3 is 14.2 Å². The molecule has 0 saturated carbocycles. The molecule has 3 fully saturated rings. The second-order valence-corrected chi connectivity index (χ2v) is 4.34. The van der Waals surface area contributed by atoms with Gasteiger partial charge in [0.2, 0.25) is 0 Å². The first-order valence-electron chi connectivity index (χ1n) is 5.17. The molecule has 4 unspecified atom stereocenters. The molecular weight excluding hydrogens is 184 g/mol. The first-order valence-corrected chi connectivity index (χ1v) is 5.17. The Kier molecular flexibility index (Phi) is 1.67. The van der Waals surface area contributed by atoms with E-state index in [0.29, 0.717) is 6.10 Å². The summed E-state index contributed by atoms with van der Waals surface area (Å²) in [6.45, 7) is 0. The van der Waals surface area contributed by atoms with Crippen molar-refractivity contribution in [2.75, 3.05) is 7.11 Å². The molecule has 14 heavy (non-hydrogen) atoms. The van der Waals surface area contributed by atoms with Gasteiger partial charge in [0, 0.05) is 0 Å². The highest BCUT2D eigenvalue weighted by Gasteiger charge is 2.68. The number of esters is 1. The van der Waals surface area contributed by atoms with Crippen LogP contribution in [0.4, 0.5) is 0 Å². The third-order valence-corrected chi connectivity index (χ3v) is 3.65. The Morgan fingerprint density at radius 2 is 2.29 bits per heavy atom. The highest BCUT2D eigenvalue weighted by molar-refractivity contribution is 5.79. The molecule has 3 saturated heterocycles. The van der Waals surface area contributed by atoms with Crippen molar-refractivity contribution in [3.63, 3.8) is 0 Å². The van der Waals surface area contributed by atoms with Crippen molar-refractivity contribution in [1.29, 1.82) is 0 Å². The molecule has 0 aliphatic carbocycles. The van der Waals surface area contributed by atoms with Gasteiger partial charge in [0.15, 0.2) is 6.10 Å². The number of fused-ring (bicyclic) bond motifs is 3. The number of hydrogen-bond donors (Lipinski definition) is 0. The Morgan fingerprint density at radius 3 is 3.07 bits per heavy atom. The van der Waals surface area contributed by atoms with E-state index in [2.05, 4.69) is 4.74 Å². The molecule has 4 heteroatoms. The summed E-state index contributed by atoms with van der Waals surface area (Å²) in [6.07, 6.45) is 4.28. The molecule has 3 aliphatic rings. The van der Waals surface area contributed by atoms with E-state index in [1.165, 1.54) is 7.11 Å². The lowest BCUT2D eigenvalue weighted by molar-refractivity contribution is -0.142. The van der Waals surface area contributed by atoms with Crippen LogP contribution in [0.5, 0.6) is 0 Å². The van der Waals surface area contributed by atoms with Crippen molar-refractivity contribution in [3.8, 4) is 0 Å². The summed E-state index contributed by atoms with van der Waals surface area (Å²) < 4.78 is 16.0. The first kappa shape index (κ1) is 8.68. The second-order valence-electron chi connectivity index (χ2n) is 4.34. The molecule has 1 spiro atoms. The minimum Gasteiger partial charge on any atom is -0.467 e. The van der Waals surface area contributed by atoms with Gasteiger partial charge in [0.1, 0.15) is 5.60 Å². The van der Waals surface area contributed by atoms with E-state index in [-0.39, 0.29) is 23.8 Å². The number of epoxide rings is 1. The van der Waals surface area contributed by atoms with Crippen molar-refractivity contribution in [1.82, 2.24) is 0 Å². The third kappa shape index (κ3) is 0.982. The Morgan fingerprint density at radius 1 is 1.43 bits per heavy atom. The van der Waals surface area contributed by atoms with Crippen LogP contribution in [0.2, 0.25) is 0 Å². The molecule has 3 heterocycles. The first-order chi connectivity index (χ1) is 6.76. The molecular formula is C10H14O4. The van der Waals surface area contributed by atoms with Gasteiger partial charge in [0.05, 0.1) is 19.3 Å². The molecule has 0 radical (unpaired) electrons. The second kappa shape index (κ2) is 2.70. The molecule has 0 aromatic rings. The number of hydrogen-bond acceptors (Lipinski definition) is 4. The summed E-state index contributed by atoms with van der Waals surface area (Å²) in [7, 11) is 1.40. The topological polar surface area (TPSA) is 48.1 Å². The lowest BCUT2D eigenvalue weighted by atomic mass is 9.91. The molecule has 4 nitrogen and oxygen atoms in total. The van der Waals surface area contributed by atoms with Crippen LogP contribution in [0.3, 0.4) is 0 Å². The van der Waals surface area contributed by atoms with E-state index in [0.717, 1.165) is 25.7 Å². The molecule has 0 aromatic heterocycles. The van der Waals surface area contributed by atoms with Crippen LogP contribution in [0.15, 0.2) is 0 Å². The zero-order valence-corrected chi connectivity index (χ0v) is 8.19. The smallest absolute Gasteiger partial charge is 0.338 e. The summed E-state index contributed by atoms with van der Waals surface area (Å²) in [5.41, 5.74) is -0.319. The van der Waals surface area contributed by atoms with E-state index in [9.17, 15) is 4.79 Å². The Labute approximate surface area is 82.5 Å². The lowest BCUT2D eigenvalue weighted by Gasteiger charge is -2.26. The average Bonchev–Trinajstić information content (AvgIpc) is 2.80. The van der Waals surface area contributed by atoms with Gasteiger partial charge in [-0.3, -0.25) is 0 Å². The zero-order valence-electron chi connectivity index (χ0n) is 8.19. The molecule has 3 rings (SSSR count). The fourth-order valence-electron chi connectivity index (χ4n) is 2.80. The molecule has 4 atom stereocenters. The lowest BCUT2D eigenvalue weighted by Crippen LogP contribution is -2.39. The molecule has 78 valence electrons. The Hall–Kier alpha value is -0.610. The van der Waals surface area contributed by atoms with E-state index in [1.54, 1.807) is 0 Å². The zero-order chi connectivity index (χ0) is 9.76. The Balaban J connectivity index is 1.77. The van der Waals surface area contributed by atoms with Gasteiger partial charge in [-0.25, -0.2) is 4.79 Å². The minimum atomic E-state index is -0.364. The number of carbonyl (C=O) groups is 1. The predicted molar refractivity (Wildman–Crippen MR) is 46.7 cm³/mol. The summed E-state index contributed by atoms with van der Waals surface area (Å²) in [5.74, 6) is -0.251. The van der Waals surface area contributed by atoms with Gasteiger partial charge in [-0.2, -0.15) is 0 Å². The monoisotopic (exact) mass is 198 g/mol. The van der Waals surface area contributed by atoms with Gasteiger partial charge in [-0.15, -0.1) is 0 Å². The van der Waals surface area contributed by atoms with Gasteiger partial charge >= 0.3 is 5.97 Å². The normalized spacial score (nSPS) is 49.4. The highest BCUT2D eigenvalue weighted by atomic mass is 16.7. The van der Waals surface area contributed by atoms with E-state index >= 15 is 0 Å². The van der Waals surface area contributed by atoms with Crippen LogP contribution in [0.1, 0.15) is 25.7 Å². The molecule has 0 amide bonds. The van der Waals surface area contributed by atoms with E-state index in [1.807, 2.05) is 0 Å². The number of methoxy groups -OCH3 is 1. The molecule has 0 N–H and O–H groups in total. The largest absolute Gasteiger partial charge is 0.467 e. The molecule has 2 bridgehead atoms. The van der Waals surface area contributed by atoms with Gasteiger partial charge in [-0.05, 0) is 25.7 Å². The standard InChI is InChI=1S/C10H14O4/c1-12-9(11)8-10(14-8)5-4-6-2-3-7(10)13-6/h6-8H,2-5H2,1H3. The summed E-state index contributed by atoms with van der Waals surface area (Å²) >= 11 is 0. The summed E-state index contributed by atoms with van der Waals surface area (Å²) in [6, 6.07) is 0. The third-order valence-electron chi connectivity index (χ3n) is 3.65. The fourth-order valence-corrected chi connectivity index (χ4v) is 2.80. The van der Waals surface area contributed by atoms with Gasteiger partial charge in [0.25, 0.3) is 0 Å². The quantitative estimate of drug-likeness (QED) is 0.458. The van der Waals surface area contributed by atoms with Crippen molar-refractivity contribution in [3.05, 3.63) is 0 Å². The average molecular weight is 198 g/mol. The van der Waals surface area contributed by atoms with Crippen molar-refractivity contribution < 1.29 is 19.0 Å².